The van der Waals surface area contributed by atoms with E-state index in [4.69, 9.17) is 8.83 Å². The van der Waals surface area contributed by atoms with E-state index in [9.17, 15) is 0 Å². The molecule has 0 bridgehead atoms. The van der Waals surface area contributed by atoms with Crippen LogP contribution in [0.2, 0.25) is 0 Å². The molecule has 4 aromatic rings. The highest BCUT2D eigenvalue weighted by molar-refractivity contribution is 5.77. The third kappa shape index (κ3) is 2.21. The predicted molar refractivity (Wildman–Crippen MR) is 81.7 cm³/mol. The van der Waals surface area contributed by atoms with E-state index in [1.165, 1.54) is 0 Å². The van der Waals surface area contributed by atoms with Crippen molar-refractivity contribution in [1.82, 2.24) is 9.97 Å². The van der Waals surface area contributed by atoms with Crippen LogP contribution in [0.1, 0.15) is 17.3 Å². The molecule has 4 rings (SSSR count). The molecule has 0 amide bonds. The van der Waals surface area contributed by atoms with Crippen molar-refractivity contribution in [3.63, 3.8) is 0 Å². The van der Waals surface area contributed by atoms with E-state index in [-0.39, 0.29) is 0 Å². The van der Waals surface area contributed by atoms with Crippen molar-refractivity contribution in [2.75, 3.05) is 0 Å². The third-order valence-electron chi connectivity index (χ3n) is 3.24. The molecule has 102 valence electrons. The van der Waals surface area contributed by atoms with Crippen molar-refractivity contribution >= 4 is 34.4 Å². The molecule has 2 aromatic carbocycles. The molecule has 0 aliphatic carbocycles. The minimum absolute atomic E-state index is 0.537. The predicted octanol–water partition coefficient (Wildman–Crippen LogP) is 4.45. The second-order valence-electron chi connectivity index (χ2n) is 4.88. The molecule has 0 N–H and O–H groups in total. The molecule has 0 atom stereocenters. The lowest BCUT2D eigenvalue weighted by atomic mass is 10.2. The van der Waals surface area contributed by atoms with Gasteiger partial charge in [0.1, 0.15) is 11.0 Å². The smallest absolute Gasteiger partial charge is 0.220 e. The Bertz CT molecular complexity index is 930. The van der Waals surface area contributed by atoms with Gasteiger partial charge in [-0.3, -0.25) is 0 Å². The van der Waals surface area contributed by atoms with E-state index < -0.39 is 0 Å². The molecule has 2 aromatic heterocycles. The number of fused-ring (bicyclic) bond motifs is 2. The maximum atomic E-state index is 5.65. The summed E-state index contributed by atoms with van der Waals surface area (Å²) in [5.41, 5.74) is 4.39. The summed E-state index contributed by atoms with van der Waals surface area (Å²) < 4.78 is 11.3. The SMILES string of the molecule is Cc1ccc2oc(/C=C/c3nc4ccccc4o3)nc2c1. The Kier molecular flexibility index (Phi) is 2.60. The van der Waals surface area contributed by atoms with Crippen molar-refractivity contribution in [1.29, 1.82) is 0 Å². The Morgan fingerprint density at radius 1 is 0.810 bits per heavy atom. The molecule has 4 nitrogen and oxygen atoms in total. The molecule has 4 heteroatoms. The highest BCUT2D eigenvalue weighted by Crippen LogP contribution is 2.20. The number of aryl methyl sites for hydroxylation is 1. The molecule has 0 spiro atoms. The van der Waals surface area contributed by atoms with Crippen molar-refractivity contribution in [3.05, 3.63) is 59.8 Å². The molecule has 0 radical (unpaired) electrons. The topological polar surface area (TPSA) is 52.1 Å². The Morgan fingerprint density at radius 3 is 2.24 bits per heavy atom. The largest absolute Gasteiger partial charge is 0.437 e. The second-order valence-corrected chi connectivity index (χ2v) is 4.88. The van der Waals surface area contributed by atoms with E-state index in [0.717, 1.165) is 27.8 Å². The zero-order chi connectivity index (χ0) is 14.2. The van der Waals surface area contributed by atoms with Crippen molar-refractivity contribution < 1.29 is 8.83 Å². The highest BCUT2D eigenvalue weighted by Gasteiger charge is 2.04. The zero-order valence-corrected chi connectivity index (χ0v) is 11.4. The van der Waals surface area contributed by atoms with Gasteiger partial charge in [-0.25, -0.2) is 9.97 Å². The zero-order valence-electron chi connectivity index (χ0n) is 11.4. The lowest BCUT2D eigenvalue weighted by Gasteiger charge is -1.87. The summed E-state index contributed by atoms with van der Waals surface area (Å²) in [4.78, 5) is 8.79. The number of nitrogens with zero attached hydrogens (tertiary/aromatic N) is 2. The first-order valence-corrected chi connectivity index (χ1v) is 6.69. The minimum atomic E-state index is 0.537. The van der Waals surface area contributed by atoms with E-state index in [2.05, 4.69) is 9.97 Å². The fraction of sp³-hybridized carbons (Fsp3) is 0.0588. The number of para-hydroxylation sites is 2. The van der Waals surface area contributed by atoms with E-state index >= 15 is 0 Å². The highest BCUT2D eigenvalue weighted by atomic mass is 16.4. The maximum absolute atomic E-state index is 5.65. The van der Waals surface area contributed by atoms with E-state index in [1.807, 2.05) is 49.4 Å². The van der Waals surface area contributed by atoms with Crippen LogP contribution < -0.4 is 0 Å². The maximum Gasteiger partial charge on any atom is 0.220 e. The molecule has 0 unspecified atom stereocenters. The van der Waals surface area contributed by atoms with Gasteiger partial charge in [0.2, 0.25) is 11.8 Å². The van der Waals surface area contributed by atoms with Gasteiger partial charge >= 0.3 is 0 Å². The van der Waals surface area contributed by atoms with Crippen LogP contribution in [0, 0.1) is 6.92 Å². The molecule has 0 saturated carbocycles. The van der Waals surface area contributed by atoms with Crippen LogP contribution in [-0.2, 0) is 0 Å². The number of hydrogen-bond donors (Lipinski definition) is 0. The Morgan fingerprint density at radius 2 is 1.48 bits per heavy atom. The molecule has 0 saturated heterocycles. The summed E-state index contributed by atoms with van der Waals surface area (Å²) in [6.45, 7) is 2.03. The molecule has 0 fully saturated rings. The molecule has 2 heterocycles. The van der Waals surface area contributed by atoms with Crippen LogP contribution in [-0.4, -0.2) is 9.97 Å². The van der Waals surface area contributed by atoms with Gasteiger partial charge in [0, 0.05) is 12.2 Å². The molecule has 0 aliphatic rings. The van der Waals surface area contributed by atoms with Crippen molar-refractivity contribution in [2.45, 2.75) is 6.92 Å². The molecular formula is C17H12N2O2. The molecule has 21 heavy (non-hydrogen) atoms. The summed E-state index contributed by atoms with van der Waals surface area (Å²) in [5.74, 6) is 1.08. The average Bonchev–Trinajstić information content (AvgIpc) is 3.07. The minimum Gasteiger partial charge on any atom is -0.437 e. The van der Waals surface area contributed by atoms with Gasteiger partial charge in [0.05, 0.1) is 0 Å². The van der Waals surface area contributed by atoms with Gasteiger partial charge in [0.25, 0.3) is 0 Å². The molecular weight excluding hydrogens is 264 g/mol. The number of aromatic nitrogens is 2. The Balaban J connectivity index is 1.69. The second kappa shape index (κ2) is 4.59. The van der Waals surface area contributed by atoms with E-state index in [0.29, 0.717) is 11.8 Å². The molecule has 0 aliphatic heterocycles. The number of rotatable bonds is 2. The fourth-order valence-corrected chi connectivity index (χ4v) is 2.23. The summed E-state index contributed by atoms with van der Waals surface area (Å²) in [5, 5.41) is 0. The lowest BCUT2D eigenvalue weighted by molar-refractivity contribution is 0.583. The Hall–Kier alpha value is -2.88. The third-order valence-corrected chi connectivity index (χ3v) is 3.24. The first-order chi connectivity index (χ1) is 10.3. The van der Waals surface area contributed by atoms with Crippen LogP contribution in [0.3, 0.4) is 0 Å². The van der Waals surface area contributed by atoms with Crippen LogP contribution in [0.4, 0.5) is 0 Å². The number of benzene rings is 2. The standard InChI is InChI=1S/C17H12N2O2/c1-11-6-7-15-13(10-11)19-17(21-15)9-8-16-18-12-4-2-3-5-14(12)20-16/h2-10H,1H3/b9-8+. The van der Waals surface area contributed by atoms with Gasteiger partial charge in [-0.05, 0) is 36.8 Å². The average molecular weight is 276 g/mol. The number of hydrogen-bond acceptors (Lipinski definition) is 4. The van der Waals surface area contributed by atoms with Crippen LogP contribution >= 0.6 is 0 Å². The van der Waals surface area contributed by atoms with Gasteiger partial charge in [-0.15, -0.1) is 0 Å². The quantitative estimate of drug-likeness (QED) is 0.543. The first kappa shape index (κ1) is 11.9. The van der Waals surface area contributed by atoms with E-state index in [1.54, 1.807) is 12.2 Å². The van der Waals surface area contributed by atoms with Crippen molar-refractivity contribution in [3.8, 4) is 0 Å². The van der Waals surface area contributed by atoms with Crippen LogP contribution in [0.5, 0.6) is 0 Å². The summed E-state index contributed by atoms with van der Waals surface area (Å²) in [7, 11) is 0. The monoisotopic (exact) mass is 276 g/mol. The first-order valence-electron chi connectivity index (χ1n) is 6.69. The van der Waals surface area contributed by atoms with Crippen molar-refractivity contribution in [2.24, 2.45) is 0 Å². The van der Waals surface area contributed by atoms with Gasteiger partial charge in [-0.1, -0.05) is 18.2 Å². The van der Waals surface area contributed by atoms with Crippen LogP contribution in [0.25, 0.3) is 34.4 Å². The lowest BCUT2D eigenvalue weighted by Crippen LogP contribution is -1.73. The Labute approximate surface area is 120 Å². The van der Waals surface area contributed by atoms with Gasteiger partial charge in [0.15, 0.2) is 11.2 Å². The summed E-state index contributed by atoms with van der Waals surface area (Å²) >= 11 is 0. The van der Waals surface area contributed by atoms with Gasteiger partial charge < -0.3 is 8.83 Å². The number of oxazole rings is 2. The van der Waals surface area contributed by atoms with Gasteiger partial charge in [-0.2, -0.15) is 0 Å². The summed E-state index contributed by atoms with van der Waals surface area (Å²) in [6, 6.07) is 13.6. The fourth-order valence-electron chi connectivity index (χ4n) is 2.23. The normalized spacial score (nSPS) is 11.9. The summed E-state index contributed by atoms with van der Waals surface area (Å²) in [6.07, 6.45) is 3.53. The van der Waals surface area contributed by atoms with Crippen LogP contribution in [0.15, 0.2) is 51.3 Å².